The number of nitrogens with zero attached hydrogens (tertiary/aromatic N) is 1. The Morgan fingerprint density at radius 2 is 2.17 bits per heavy atom. The van der Waals surface area contributed by atoms with Crippen LogP contribution in [0.5, 0.6) is 5.75 Å². The molecule has 0 aliphatic carbocycles. The number of hydrogen-bond acceptors (Lipinski definition) is 3. The van der Waals surface area contributed by atoms with E-state index in [0.29, 0.717) is 16.3 Å². The highest BCUT2D eigenvalue weighted by atomic mass is 35.5. The van der Waals surface area contributed by atoms with Crippen LogP contribution in [0.1, 0.15) is 18.9 Å². The summed E-state index contributed by atoms with van der Waals surface area (Å²) in [7, 11) is 1.53. The van der Waals surface area contributed by atoms with E-state index in [9.17, 15) is 9.59 Å². The van der Waals surface area contributed by atoms with E-state index in [4.69, 9.17) is 16.3 Å². The van der Waals surface area contributed by atoms with E-state index in [-0.39, 0.29) is 30.7 Å². The summed E-state index contributed by atoms with van der Waals surface area (Å²) in [6.07, 6.45) is 0.269. The van der Waals surface area contributed by atoms with Gasteiger partial charge in [-0.1, -0.05) is 24.6 Å². The molecule has 0 N–H and O–H groups in total. The van der Waals surface area contributed by atoms with Gasteiger partial charge in [-0.05, 0) is 12.1 Å². The predicted molar refractivity (Wildman–Crippen MR) is 67.3 cm³/mol. The van der Waals surface area contributed by atoms with Gasteiger partial charge in [0.25, 0.3) is 0 Å². The van der Waals surface area contributed by atoms with Gasteiger partial charge in [0.05, 0.1) is 13.7 Å². The standard InChI is InChI=1S/C13H14ClNO3/c1-8-6-12(16)15(13(8)17)7-9-10(14)4-3-5-11(9)18-2/h3-5,8H,6-7H2,1-2H3/t8-/m0/s1. The van der Waals surface area contributed by atoms with Gasteiger partial charge in [-0.3, -0.25) is 14.5 Å². The van der Waals surface area contributed by atoms with Crippen molar-refractivity contribution in [3.63, 3.8) is 0 Å². The maximum atomic E-state index is 11.9. The Labute approximate surface area is 110 Å². The first-order valence-electron chi connectivity index (χ1n) is 5.70. The second kappa shape index (κ2) is 4.98. The quantitative estimate of drug-likeness (QED) is 0.789. The summed E-state index contributed by atoms with van der Waals surface area (Å²) in [5.41, 5.74) is 0.664. The third-order valence-electron chi connectivity index (χ3n) is 3.08. The minimum Gasteiger partial charge on any atom is -0.496 e. The number of ether oxygens (including phenoxy) is 1. The van der Waals surface area contributed by atoms with E-state index in [1.807, 2.05) is 0 Å². The predicted octanol–water partition coefficient (Wildman–Crippen LogP) is 2.24. The summed E-state index contributed by atoms with van der Waals surface area (Å²) in [6, 6.07) is 5.24. The van der Waals surface area contributed by atoms with Crippen LogP contribution in [0.25, 0.3) is 0 Å². The van der Waals surface area contributed by atoms with Crippen LogP contribution in [0.15, 0.2) is 18.2 Å². The van der Waals surface area contributed by atoms with Crippen LogP contribution in [0.3, 0.4) is 0 Å². The Morgan fingerprint density at radius 1 is 1.44 bits per heavy atom. The Bertz CT molecular complexity index is 501. The molecule has 0 radical (unpaired) electrons. The second-order valence-corrected chi connectivity index (χ2v) is 4.75. The Morgan fingerprint density at radius 3 is 2.72 bits per heavy atom. The second-order valence-electron chi connectivity index (χ2n) is 4.34. The summed E-state index contributed by atoms with van der Waals surface area (Å²) in [5.74, 6) is 0.0325. The molecule has 0 unspecified atom stereocenters. The molecule has 1 fully saturated rings. The van der Waals surface area contributed by atoms with Gasteiger partial charge in [0.1, 0.15) is 5.75 Å². The van der Waals surface area contributed by atoms with E-state index in [0.717, 1.165) is 0 Å². The number of halogens is 1. The Kier molecular flexibility index (Phi) is 3.57. The third kappa shape index (κ3) is 2.20. The van der Waals surface area contributed by atoms with Crippen molar-refractivity contribution in [1.82, 2.24) is 4.90 Å². The van der Waals surface area contributed by atoms with Crippen molar-refractivity contribution >= 4 is 23.4 Å². The summed E-state index contributed by atoms with van der Waals surface area (Å²) in [6.45, 7) is 1.93. The third-order valence-corrected chi connectivity index (χ3v) is 3.44. The molecule has 96 valence electrons. The smallest absolute Gasteiger partial charge is 0.232 e. The van der Waals surface area contributed by atoms with Crippen molar-refractivity contribution in [2.75, 3.05) is 7.11 Å². The number of hydrogen-bond donors (Lipinski definition) is 0. The van der Waals surface area contributed by atoms with Crippen molar-refractivity contribution in [1.29, 1.82) is 0 Å². The molecular formula is C13H14ClNO3. The number of imide groups is 1. The highest BCUT2D eigenvalue weighted by Crippen LogP contribution is 2.30. The highest BCUT2D eigenvalue weighted by Gasteiger charge is 2.36. The Balaban J connectivity index is 2.29. The molecule has 2 rings (SSSR count). The zero-order valence-electron chi connectivity index (χ0n) is 10.3. The first kappa shape index (κ1) is 12.9. The highest BCUT2D eigenvalue weighted by molar-refractivity contribution is 6.31. The van der Waals surface area contributed by atoms with Gasteiger partial charge in [-0.2, -0.15) is 0 Å². The van der Waals surface area contributed by atoms with Crippen LogP contribution in [0.2, 0.25) is 5.02 Å². The minimum atomic E-state index is -0.244. The largest absolute Gasteiger partial charge is 0.496 e. The molecular weight excluding hydrogens is 254 g/mol. The molecule has 1 aliphatic heterocycles. The number of benzene rings is 1. The van der Waals surface area contributed by atoms with Crippen LogP contribution in [0, 0.1) is 5.92 Å². The van der Waals surface area contributed by atoms with E-state index in [1.54, 1.807) is 25.1 Å². The number of carbonyl (C=O) groups is 2. The van der Waals surface area contributed by atoms with Gasteiger partial charge >= 0.3 is 0 Å². The first-order chi connectivity index (χ1) is 8.54. The fraction of sp³-hybridized carbons (Fsp3) is 0.385. The summed E-state index contributed by atoms with van der Waals surface area (Å²) in [4.78, 5) is 24.8. The minimum absolute atomic E-state index is 0.151. The van der Waals surface area contributed by atoms with Crippen molar-refractivity contribution < 1.29 is 14.3 Å². The number of carbonyl (C=O) groups excluding carboxylic acids is 2. The SMILES string of the molecule is COc1cccc(Cl)c1CN1C(=O)C[C@H](C)C1=O. The number of methoxy groups -OCH3 is 1. The molecule has 0 bridgehead atoms. The average Bonchev–Trinajstić information content (AvgIpc) is 2.58. The summed E-state index contributed by atoms with van der Waals surface area (Å²) < 4.78 is 5.20. The van der Waals surface area contributed by atoms with Crippen molar-refractivity contribution in [2.24, 2.45) is 5.92 Å². The van der Waals surface area contributed by atoms with E-state index in [1.165, 1.54) is 12.0 Å². The molecule has 1 aromatic carbocycles. The van der Waals surface area contributed by atoms with Crippen LogP contribution in [0.4, 0.5) is 0 Å². The van der Waals surface area contributed by atoms with E-state index < -0.39 is 0 Å². The normalized spacial score (nSPS) is 19.5. The zero-order valence-corrected chi connectivity index (χ0v) is 11.0. The lowest BCUT2D eigenvalue weighted by molar-refractivity contribution is -0.139. The van der Waals surface area contributed by atoms with E-state index in [2.05, 4.69) is 0 Å². The summed E-state index contributed by atoms with van der Waals surface area (Å²) >= 11 is 6.09. The Hall–Kier alpha value is -1.55. The number of amides is 2. The van der Waals surface area contributed by atoms with Crippen LogP contribution in [-0.2, 0) is 16.1 Å². The molecule has 0 aromatic heterocycles. The molecule has 0 saturated carbocycles. The molecule has 0 spiro atoms. The summed E-state index contributed by atoms with van der Waals surface area (Å²) in [5, 5.41) is 0.495. The molecule has 1 saturated heterocycles. The van der Waals surface area contributed by atoms with Crippen LogP contribution >= 0.6 is 11.6 Å². The van der Waals surface area contributed by atoms with Crippen molar-refractivity contribution in [3.05, 3.63) is 28.8 Å². The van der Waals surface area contributed by atoms with Crippen LogP contribution in [-0.4, -0.2) is 23.8 Å². The van der Waals surface area contributed by atoms with E-state index >= 15 is 0 Å². The molecule has 5 heteroatoms. The molecule has 1 aromatic rings. The lowest BCUT2D eigenvalue weighted by atomic mass is 10.1. The zero-order chi connectivity index (χ0) is 13.3. The maximum absolute atomic E-state index is 11.9. The molecule has 1 atom stereocenters. The first-order valence-corrected chi connectivity index (χ1v) is 6.08. The van der Waals surface area contributed by atoms with Gasteiger partial charge in [0.15, 0.2) is 0 Å². The van der Waals surface area contributed by atoms with Gasteiger partial charge in [-0.15, -0.1) is 0 Å². The van der Waals surface area contributed by atoms with Gasteiger partial charge in [0.2, 0.25) is 11.8 Å². The number of rotatable bonds is 3. The average molecular weight is 268 g/mol. The molecule has 4 nitrogen and oxygen atoms in total. The molecule has 1 heterocycles. The topological polar surface area (TPSA) is 46.6 Å². The monoisotopic (exact) mass is 267 g/mol. The fourth-order valence-electron chi connectivity index (χ4n) is 2.06. The maximum Gasteiger partial charge on any atom is 0.232 e. The fourth-order valence-corrected chi connectivity index (χ4v) is 2.28. The molecule has 18 heavy (non-hydrogen) atoms. The van der Waals surface area contributed by atoms with Crippen molar-refractivity contribution in [2.45, 2.75) is 19.9 Å². The van der Waals surface area contributed by atoms with Gasteiger partial charge in [-0.25, -0.2) is 0 Å². The van der Waals surface area contributed by atoms with Crippen molar-refractivity contribution in [3.8, 4) is 5.75 Å². The lowest BCUT2D eigenvalue weighted by Crippen LogP contribution is -2.30. The van der Waals surface area contributed by atoms with Gasteiger partial charge in [0, 0.05) is 22.9 Å². The molecule has 2 amide bonds. The number of likely N-dealkylation sites (tertiary alicyclic amines) is 1. The van der Waals surface area contributed by atoms with Crippen LogP contribution < -0.4 is 4.74 Å². The molecule has 1 aliphatic rings. The lowest BCUT2D eigenvalue weighted by Gasteiger charge is -2.17. The van der Waals surface area contributed by atoms with Gasteiger partial charge < -0.3 is 4.74 Å².